The van der Waals surface area contributed by atoms with Crippen molar-refractivity contribution in [2.24, 2.45) is 5.92 Å². The maximum absolute atomic E-state index is 10.6. The summed E-state index contributed by atoms with van der Waals surface area (Å²) in [5, 5.41) is 5.85. The fourth-order valence-electron chi connectivity index (χ4n) is 1.19. The van der Waals surface area contributed by atoms with E-state index in [1.54, 1.807) is 19.0 Å². The topological polar surface area (TPSA) is 79.9 Å². The Morgan fingerprint density at radius 1 is 1.50 bits per heavy atom. The van der Waals surface area contributed by atoms with Crippen LogP contribution in [0.15, 0.2) is 4.79 Å². The molecule has 3 N–H and O–H groups in total. The second-order valence-electron chi connectivity index (χ2n) is 4.28. The molecule has 0 saturated carbocycles. The van der Waals surface area contributed by atoms with Crippen molar-refractivity contribution in [1.82, 2.24) is 14.9 Å². The lowest BCUT2D eigenvalue weighted by Crippen LogP contribution is -2.28. The summed E-state index contributed by atoms with van der Waals surface area (Å²) in [4.78, 5) is 12.3. The summed E-state index contributed by atoms with van der Waals surface area (Å²) in [6.07, 6.45) is 2.71. The molecule has 16 heavy (non-hydrogen) atoms. The van der Waals surface area contributed by atoms with Crippen LogP contribution in [0.25, 0.3) is 0 Å². The quantitative estimate of drug-likeness (QED) is 0.751. The van der Waals surface area contributed by atoms with E-state index in [1.807, 2.05) is 0 Å². The van der Waals surface area contributed by atoms with Gasteiger partial charge >= 0.3 is 5.69 Å². The van der Waals surface area contributed by atoms with Gasteiger partial charge in [-0.05, 0) is 5.92 Å². The third kappa shape index (κ3) is 4.86. The van der Waals surface area contributed by atoms with E-state index in [9.17, 15) is 4.79 Å². The van der Waals surface area contributed by atoms with Gasteiger partial charge in [-0.2, -0.15) is 4.68 Å². The number of hydrogen-bond donors (Lipinski definition) is 2. The Labute approximate surface area is 96.4 Å². The largest absolute Gasteiger partial charge is 0.363 e. The number of nitrogen functional groups attached to an aromatic ring is 1. The molecule has 1 rings (SSSR count). The molecule has 0 radical (unpaired) electrons. The molecular weight excluding hydrogens is 206 g/mol. The monoisotopic (exact) mass is 229 g/mol. The molecule has 0 spiro atoms. The van der Waals surface area contributed by atoms with Crippen LogP contribution < -0.4 is 16.4 Å². The summed E-state index contributed by atoms with van der Waals surface area (Å²) >= 11 is 0. The molecule has 0 atom stereocenters. The van der Waals surface area contributed by atoms with Crippen LogP contribution in [-0.2, 0) is 0 Å². The zero-order valence-electron chi connectivity index (χ0n) is 10.8. The van der Waals surface area contributed by atoms with Gasteiger partial charge in [-0.1, -0.05) is 33.6 Å². The number of aromatic amines is 1. The smallest absolute Gasteiger partial charge is 0.346 e. The highest BCUT2D eigenvalue weighted by molar-refractivity contribution is 5.25. The van der Waals surface area contributed by atoms with Gasteiger partial charge in [0, 0.05) is 14.1 Å². The van der Waals surface area contributed by atoms with E-state index in [0.717, 1.165) is 10.6 Å². The van der Waals surface area contributed by atoms with E-state index >= 15 is 0 Å². The minimum Gasteiger partial charge on any atom is -0.346 e. The van der Waals surface area contributed by atoms with Gasteiger partial charge in [0.25, 0.3) is 0 Å². The molecule has 1 aromatic rings. The molecule has 0 bridgehead atoms. The second-order valence-corrected chi connectivity index (χ2v) is 4.28. The maximum Gasteiger partial charge on any atom is 0.363 e. The van der Waals surface area contributed by atoms with E-state index < -0.39 is 5.69 Å². The summed E-state index contributed by atoms with van der Waals surface area (Å²) < 4.78 is 0.944. The molecule has 6 heteroatoms. The van der Waals surface area contributed by atoms with Gasteiger partial charge in [-0.15, -0.1) is 5.10 Å². The molecule has 0 aliphatic carbocycles. The Bertz CT molecular complexity index is 339. The fraction of sp³-hybridized carbons (Fsp3) is 0.800. The van der Waals surface area contributed by atoms with Gasteiger partial charge < -0.3 is 10.7 Å². The molecule has 6 nitrogen and oxygen atoms in total. The summed E-state index contributed by atoms with van der Waals surface area (Å²) in [7, 11) is 3.50. The van der Waals surface area contributed by atoms with Crippen molar-refractivity contribution < 1.29 is 0 Å². The number of nitrogens with one attached hydrogen (secondary N) is 1. The van der Waals surface area contributed by atoms with Crippen LogP contribution >= 0.6 is 0 Å². The Morgan fingerprint density at radius 3 is 2.19 bits per heavy atom. The summed E-state index contributed by atoms with van der Waals surface area (Å²) in [5.74, 6) is 6.58. The minimum atomic E-state index is -0.413. The Kier molecular flexibility index (Phi) is 6.29. The first-order valence-corrected chi connectivity index (χ1v) is 5.49. The van der Waals surface area contributed by atoms with Crippen LogP contribution in [0, 0.1) is 5.92 Å². The average Bonchev–Trinajstić information content (AvgIpc) is 2.48. The van der Waals surface area contributed by atoms with Crippen LogP contribution in [-0.4, -0.2) is 29.0 Å². The number of H-pyrrole nitrogens is 1. The third-order valence-corrected chi connectivity index (χ3v) is 1.95. The van der Waals surface area contributed by atoms with Crippen molar-refractivity contribution in [3.05, 3.63) is 10.5 Å². The SMILES string of the molecule is CCCC(C)C.CN(C)c1n[nH]c(=O)n1N. The van der Waals surface area contributed by atoms with Crippen molar-refractivity contribution in [1.29, 1.82) is 0 Å². The minimum absolute atomic E-state index is 0.407. The zero-order chi connectivity index (χ0) is 12.7. The van der Waals surface area contributed by atoms with Gasteiger partial charge in [0.2, 0.25) is 5.95 Å². The van der Waals surface area contributed by atoms with Gasteiger partial charge in [0.15, 0.2) is 0 Å². The van der Waals surface area contributed by atoms with Gasteiger partial charge in [-0.25, -0.2) is 9.89 Å². The Hall–Kier alpha value is -1.46. The van der Waals surface area contributed by atoms with E-state index in [1.165, 1.54) is 12.8 Å². The lowest BCUT2D eigenvalue weighted by Gasteiger charge is -2.07. The summed E-state index contributed by atoms with van der Waals surface area (Å²) in [6.45, 7) is 6.73. The van der Waals surface area contributed by atoms with Gasteiger partial charge in [0.05, 0.1) is 0 Å². The van der Waals surface area contributed by atoms with E-state index in [0.29, 0.717) is 5.95 Å². The lowest BCUT2D eigenvalue weighted by molar-refractivity contribution is 0.576. The summed E-state index contributed by atoms with van der Waals surface area (Å²) in [5.41, 5.74) is -0.413. The number of nitrogens with two attached hydrogens (primary N) is 1. The molecule has 0 aliphatic heterocycles. The van der Waals surface area contributed by atoms with Crippen molar-refractivity contribution >= 4 is 5.95 Å². The van der Waals surface area contributed by atoms with Crippen molar-refractivity contribution in [3.8, 4) is 0 Å². The molecule has 0 saturated heterocycles. The second kappa shape index (κ2) is 6.92. The lowest BCUT2D eigenvalue weighted by atomic mass is 10.1. The van der Waals surface area contributed by atoms with Gasteiger partial charge in [0.1, 0.15) is 0 Å². The predicted molar refractivity (Wildman–Crippen MR) is 67.1 cm³/mol. The number of anilines is 1. The normalized spacial score (nSPS) is 9.88. The van der Waals surface area contributed by atoms with Crippen LogP contribution in [0.5, 0.6) is 0 Å². The van der Waals surface area contributed by atoms with E-state index in [-0.39, 0.29) is 0 Å². The predicted octanol–water partition coefficient (Wildman–Crippen LogP) is 0.794. The molecule has 0 aromatic carbocycles. The molecule has 94 valence electrons. The highest BCUT2D eigenvalue weighted by atomic mass is 16.2. The standard InChI is InChI=1S/C6H14.C4H9N5O/c1-4-5-6(2)3;1-8(2)3-6-7-4(10)9(3)5/h6H,4-5H2,1-3H3;5H2,1-2H3,(H,7,10). The summed E-state index contributed by atoms with van der Waals surface area (Å²) in [6, 6.07) is 0. The number of nitrogens with zero attached hydrogens (tertiary/aromatic N) is 3. The van der Waals surface area contributed by atoms with E-state index in [2.05, 4.69) is 31.0 Å². The molecular formula is C10H23N5O. The fourth-order valence-corrected chi connectivity index (χ4v) is 1.19. The number of hydrogen-bond acceptors (Lipinski definition) is 4. The number of rotatable bonds is 3. The number of aromatic nitrogens is 3. The zero-order valence-corrected chi connectivity index (χ0v) is 10.8. The van der Waals surface area contributed by atoms with Crippen LogP contribution in [0.3, 0.4) is 0 Å². The van der Waals surface area contributed by atoms with Crippen LogP contribution in [0.4, 0.5) is 5.95 Å². The first-order chi connectivity index (χ1) is 7.40. The third-order valence-electron chi connectivity index (χ3n) is 1.95. The Morgan fingerprint density at radius 2 is 2.06 bits per heavy atom. The van der Waals surface area contributed by atoms with E-state index in [4.69, 9.17) is 5.84 Å². The molecule has 0 amide bonds. The molecule has 0 unspecified atom stereocenters. The first kappa shape index (κ1) is 14.5. The van der Waals surface area contributed by atoms with Crippen molar-refractivity contribution in [2.75, 3.05) is 24.8 Å². The Balaban J connectivity index is 0.000000325. The first-order valence-electron chi connectivity index (χ1n) is 5.49. The molecule has 0 fully saturated rings. The molecule has 1 heterocycles. The van der Waals surface area contributed by atoms with Crippen molar-refractivity contribution in [3.63, 3.8) is 0 Å². The highest BCUT2D eigenvalue weighted by Gasteiger charge is 2.04. The average molecular weight is 229 g/mol. The molecule has 0 aliphatic rings. The van der Waals surface area contributed by atoms with Gasteiger partial charge in [-0.3, -0.25) is 0 Å². The highest BCUT2D eigenvalue weighted by Crippen LogP contribution is 2.00. The molecule has 1 aromatic heterocycles. The van der Waals surface area contributed by atoms with Crippen molar-refractivity contribution in [2.45, 2.75) is 33.6 Å². The van der Waals surface area contributed by atoms with Crippen LogP contribution in [0.2, 0.25) is 0 Å². The van der Waals surface area contributed by atoms with Crippen LogP contribution in [0.1, 0.15) is 33.6 Å². The maximum atomic E-state index is 10.6.